The SMILES string of the molecule is CN1CCc2ccc(Nc3ncc4c(=O)n5n(c4n3)-c3ccc4c(c3)N(CCC=CC5)C(=O)CO4)cc2C12CC2. The van der Waals surface area contributed by atoms with E-state index in [1.807, 2.05) is 35.0 Å². The Morgan fingerprint density at radius 1 is 1.05 bits per heavy atom. The van der Waals surface area contributed by atoms with Crippen LogP contribution >= 0.6 is 0 Å². The first-order valence-electron chi connectivity index (χ1n) is 13.8. The molecular formula is C30H29N7O3. The molecule has 1 N–H and O–H groups in total. The molecule has 2 bridgehead atoms. The minimum Gasteiger partial charge on any atom is -0.482 e. The number of anilines is 3. The third kappa shape index (κ3) is 3.45. The summed E-state index contributed by atoms with van der Waals surface area (Å²) in [5.41, 5.74) is 5.66. The number of carbonyl (C=O) groups is 1. The highest BCUT2D eigenvalue weighted by Gasteiger charge is 2.50. The van der Waals surface area contributed by atoms with Gasteiger partial charge in [-0.3, -0.25) is 14.5 Å². The standard InChI is InChI=1S/C30H29N7O3/c1-34-14-9-19-5-6-20(15-23(19)30(34)10-11-30)32-29-31-17-22-27(33-29)37-21-7-8-25-24(16-21)35(26(38)18-40-25)12-3-2-4-13-36(37)28(22)39/h2,4-8,15-17H,3,9-14,18H2,1H3,(H,31,32,33). The Kier molecular flexibility index (Phi) is 5.00. The molecule has 4 aromatic rings. The number of hydrogen-bond donors (Lipinski definition) is 1. The maximum atomic E-state index is 13.5. The van der Waals surface area contributed by atoms with E-state index in [9.17, 15) is 9.59 Å². The Balaban J connectivity index is 1.24. The first kappa shape index (κ1) is 23.4. The van der Waals surface area contributed by atoms with E-state index in [2.05, 4.69) is 40.4 Å². The van der Waals surface area contributed by atoms with Gasteiger partial charge in [-0.05, 0) is 74.2 Å². The molecule has 3 aliphatic heterocycles. The van der Waals surface area contributed by atoms with Gasteiger partial charge in [-0.2, -0.15) is 4.98 Å². The summed E-state index contributed by atoms with van der Waals surface area (Å²) in [6, 6.07) is 12.2. The number of nitrogens with one attached hydrogen (secondary N) is 1. The molecule has 8 rings (SSSR count). The summed E-state index contributed by atoms with van der Waals surface area (Å²) in [5, 5.41) is 3.83. The molecule has 40 heavy (non-hydrogen) atoms. The second-order valence-electron chi connectivity index (χ2n) is 11.1. The number of rotatable bonds is 2. The Labute approximate surface area is 230 Å². The summed E-state index contributed by atoms with van der Waals surface area (Å²) in [6.45, 7) is 2.03. The van der Waals surface area contributed by atoms with E-state index in [1.165, 1.54) is 24.0 Å². The van der Waals surface area contributed by atoms with Crippen LogP contribution in [0.5, 0.6) is 5.75 Å². The van der Waals surface area contributed by atoms with E-state index in [4.69, 9.17) is 9.72 Å². The van der Waals surface area contributed by atoms with Gasteiger partial charge in [0, 0.05) is 30.5 Å². The fraction of sp³-hybridized carbons (Fsp3) is 0.333. The van der Waals surface area contributed by atoms with Gasteiger partial charge in [0.1, 0.15) is 11.1 Å². The Morgan fingerprint density at radius 2 is 1.95 bits per heavy atom. The lowest BCUT2D eigenvalue weighted by atomic mass is 9.90. The molecule has 0 saturated heterocycles. The Hall–Kier alpha value is -4.44. The summed E-state index contributed by atoms with van der Waals surface area (Å²) in [6.07, 6.45) is 9.67. The van der Waals surface area contributed by atoms with Gasteiger partial charge in [0.2, 0.25) is 5.95 Å². The zero-order chi connectivity index (χ0) is 27.0. The first-order chi connectivity index (χ1) is 19.5. The second-order valence-corrected chi connectivity index (χ2v) is 11.1. The van der Waals surface area contributed by atoms with Crippen molar-refractivity contribution < 1.29 is 9.53 Å². The fourth-order valence-corrected chi connectivity index (χ4v) is 6.49. The van der Waals surface area contributed by atoms with E-state index in [0.717, 1.165) is 24.3 Å². The van der Waals surface area contributed by atoms with E-state index in [0.29, 0.717) is 47.9 Å². The molecule has 1 fully saturated rings. The molecule has 10 heteroatoms. The number of allylic oxidation sites excluding steroid dienone is 1. The van der Waals surface area contributed by atoms with Crippen molar-refractivity contribution in [2.24, 2.45) is 0 Å². The smallest absolute Gasteiger partial charge is 0.278 e. The van der Waals surface area contributed by atoms with Crippen molar-refractivity contribution in [3.63, 3.8) is 0 Å². The van der Waals surface area contributed by atoms with Crippen molar-refractivity contribution in [2.45, 2.75) is 37.8 Å². The molecule has 202 valence electrons. The van der Waals surface area contributed by atoms with E-state index in [-0.39, 0.29) is 23.6 Å². The number of fused-ring (bicyclic) bond motifs is 7. The minimum atomic E-state index is -0.167. The van der Waals surface area contributed by atoms with Gasteiger partial charge in [0.15, 0.2) is 12.3 Å². The number of likely N-dealkylation sites (N-methyl/N-ethyl adjacent to an activating group) is 1. The van der Waals surface area contributed by atoms with Crippen LogP contribution in [0.15, 0.2) is 59.5 Å². The van der Waals surface area contributed by atoms with Crippen molar-refractivity contribution in [3.8, 4) is 11.4 Å². The molecular weight excluding hydrogens is 506 g/mol. The predicted octanol–water partition coefficient (Wildman–Crippen LogP) is 3.49. The van der Waals surface area contributed by atoms with Gasteiger partial charge in [-0.15, -0.1) is 0 Å². The van der Waals surface area contributed by atoms with Crippen molar-refractivity contribution in [1.82, 2.24) is 24.2 Å². The fourth-order valence-electron chi connectivity index (χ4n) is 6.49. The third-order valence-corrected chi connectivity index (χ3v) is 8.81. The number of amides is 1. The molecule has 1 amide bonds. The number of carbonyl (C=O) groups excluding carboxylic acids is 1. The van der Waals surface area contributed by atoms with Crippen LogP contribution < -0.4 is 20.5 Å². The quantitative estimate of drug-likeness (QED) is 0.393. The second kappa shape index (κ2) is 8.53. The third-order valence-electron chi connectivity index (χ3n) is 8.81. The van der Waals surface area contributed by atoms with Crippen molar-refractivity contribution in [2.75, 3.05) is 37.0 Å². The summed E-state index contributed by atoms with van der Waals surface area (Å²) in [5.74, 6) is 0.996. The Morgan fingerprint density at radius 3 is 2.83 bits per heavy atom. The van der Waals surface area contributed by atoms with Crippen molar-refractivity contribution in [1.29, 1.82) is 0 Å². The van der Waals surface area contributed by atoms with Crippen LogP contribution in [-0.2, 0) is 23.3 Å². The number of benzene rings is 2. The average molecular weight is 536 g/mol. The van der Waals surface area contributed by atoms with E-state index >= 15 is 0 Å². The molecule has 1 spiro atoms. The molecule has 1 aliphatic carbocycles. The Bertz CT molecular complexity index is 1800. The summed E-state index contributed by atoms with van der Waals surface area (Å²) in [4.78, 5) is 39.8. The predicted molar refractivity (Wildman–Crippen MR) is 152 cm³/mol. The molecule has 0 atom stereocenters. The highest BCUT2D eigenvalue weighted by Crippen LogP contribution is 2.54. The van der Waals surface area contributed by atoms with Crippen LogP contribution in [0.4, 0.5) is 17.3 Å². The zero-order valence-electron chi connectivity index (χ0n) is 22.3. The summed E-state index contributed by atoms with van der Waals surface area (Å²) < 4.78 is 9.18. The monoisotopic (exact) mass is 535 g/mol. The molecule has 2 aromatic heterocycles. The number of hydrogen-bond acceptors (Lipinski definition) is 7. The van der Waals surface area contributed by atoms with Crippen molar-refractivity contribution >= 4 is 34.3 Å². The van der Waals surface area contributed by atoms with Crippen LogP contribution in [0.1, 0.15) is 30.4 Å². The van der Waals surface area contributed by atoms with Crippen LogP contribution in [0.2, 0.25) is 0 Å². The van der Waals surface area contributed by atoms with Gasteiger partial charge in [0.05, 0.1) is 17.9 Å². The largest absolute Gasteiger partial charge is 0.482 e. The molecule has 0 radical (unpaired) electrons. The number of nitrogens with zero attached hydrogens (tertiary/aromatic N) is 6. The zero-order valence-corrected chi connectivity index (χ0v) is 22.3. The minimum absolute atomic E-state index is 0.0234. The summed E-state index contributed by atoms with van der Waals surface area (Å²) in [7, 11) is 2.22. The van der Waals surface area contributed by atoms with Gasteiger partial charge >= 0.3 is 0 Å². The summed E-state index contributed by atoms with van der Waals surface area (Å²) >= 11 is 0. The number of ether oxygens (including phenoxy) is 1. The average Bonchev–Trinajstić information content (AvgIpc) is 3.72. The van der Waals surface area contributed by atoms with Crippen molar-refractivity contribution in [3.05, 3.63) is 76.2 Å². The normalized spacial score (nSPS) is 19.1. The first-order valence-corrected chi connectivity index (χ1v) is 13.8. The number of aromatic nitrogens is 4. The van der Waals surface area contributed by atoms with Crippen LogP contribution in [0.25, 0.3) is 16.7 Å². The lowest BCUT2D eigenvalue weighted by Crippen LogP contribution is -2.39. The van der Waals surface area contributed by atoms with E-state index in [1.54, 1.807) is 15.8 Å². The lowest BCUT2D eigenvalue weighted by Gasteiger charge is -2.35. The van der Waals surface area contributed by atoms with Gasteiger partial charge in [-0.1, -0.05) is 18.2 Å². The molecule has 2 aromatic carbocycles. The van der Waals surface area contributed by atoms with Gasteiger partial charge < -0.3 is 15.0 Å². The lowest BCUT2D eigenvalue weighted by molar-refractivity contribution is -0.121. The van der Waals surface area contributed by atoms with Gasteiger partial charge in [0.25, 0.3) is 11.5 Å². The highest BCUT2D eigenvalue weighted by atomic mass is 16.5. The van der Waals surface area contributed by atoms with Crippen LogP contribution in [0.3, 0.4) is 0 Å². The maximum Gasteiger partial charge on any atom is 0.278 e. The molecule has 0 unspecified atom stereocenters. The van der Waals surface area contributed by atoms with Crippen LogP contribution in [-0.4, -0.2) is 56.9 Å². The molecule has 5 heterocycles. The topological polar surface area (TPSA) is 97.5 Å². The highest BCUT2D eigenvalue weighted by molar-refractivity contribution is 5.98. The maximum absolute atomic E-state index is 13.5. The van der Waals surface area contributed by atoms with Crippen LogP contribution in [0, 0.1) is 0 Å². The molecule has 10 nitrogen and oxygen atoms in total. The molecule has 4 aliphatic rings. The van der Waals surface area contributed by atoms with Gasteiger partial charge in [-0.25, -0.2) is 14.3 Å². The molecule has 1 saturated carbocycles. The van der Waals surface area contributed by atoms with E-state index < -0.39 is 0 Å².